The van der Waals surface area contributed by atoms with Crippen LogP contribution in [-0.2, 0) is 24.1 Å². The zero-order valence-corrected chi connectivity index (χ0v) is 16.3. The van der Waals surface area contributed by atoms with E-state index in [1.54, 1.807) is 17.4 Å². The molecule has 1 aliphatic carbocycles. The topological polar surface area (TPSA) is 78.5 Å². The fourth-order valence-electron chi connectivity index (χ4n) is 3.37. The van der Waals surface area contributed by atoms with Crippen molar-refractivity contribution < 1.29 is 9.84 Å². The molecule has 0 bridgehead atoms. The summed E-state index contributed by atoms with van der Waals surface area (Å²) in [6.45, 7) is 9.43. The van der Waals surface area contributed by atoms with E-state index in [-0.39, 0.29) is 18.3 Å². The van der Waals surface area contributed by atoms with Gasteiger partial charge in [0.2, 0.25) is 0 Å². The molecule has 1 aliphatic rings. The van der Waals surface area contributed by atoms with E-state index in [1.165, 1.54) is 10.4 Å². The minimum atomic E-state index is -0.599. The van der Waals surface area contributed by atoms with Gasteiger partial charge in [0.15, 0.2) is 0 Å². The van der Waals surface area contributed by atoms with E-state index < -0.39 is 6.10 Å². The zero-order chi connectivity index (χ0) is 18.7. The molecule has 2 aromatic heterocycles. The number of aliphatic hydroxyl groups excluding tert-OH is 1. The Morgan fingerprint density at radius 1 is 1.46 bits per heavy atom. The predicted octanol–water partition coefficient (Wildman–Crippen LogP) is 2.25. The number of aliphatic hydroxyl groups is 1. The maximum Gasteiger partial charge on any atom is 0.259 e. The lowest BCUT2D eigenvalue weighted by Gasteiger charge is -2.23. The van der Waals surface area contributed by atoms with Crippen molar-refractivity contribution in [3.8, 4) is 0 Å². The Hall–Kier alpha value is -1.54. The highest BCUT2D eigenvalue weighted by molar-refractivity contribution is 7.18. The molecule has 0 saturated carbocycles. The van der Waals surface area contributed by atoms with Crippen LogP contribution in [0.2, 0.25) is 0 Å². The molecule has 0 aromatic carbocycles. The average molecular weight is 378 g/mol. The van der Waals surface area contributed by atoms with Crippen molar-refractivity contribution in [2.24, 2.45) is 0 Å². The van der Waals surface area contributed by atoms with Crippen molar-refractivity contribution in [3.63, 3.8) is 0 Å². The molecule has 26 heavy (non-hydrogen) atoms. The quantitative estimate of drug-likeness (QED) is 0.656. The molecular formula is C19H27N3O3S. The highest BCUT2D eigenvalue weighted by atomic mass is 32.1. The van der Waals surface area contributed by atoms with Crippen molar-refractivity contribution in [1.29, 1.82) is 0 Å². The summed E-state index contributed by atoms with van der Waals surface area (Å²) in [5.41, 5.74) is 1.14. The van der Waals surface area contributed by atoms with Crippen LogP contribution in [0.15, 0.2) is 17.4 Å². The Morgan fingerprint density at radius 3 is 3.00 bits per heavy atom. The van der Waals surface area contributed by atoms with Crippen LogP contribution >= 0.6 is 11.3 Å². The van der Waals surface area contributed by atoms with E-state index >= 15 is 0 Å². The zero-order valence-electron chi connectivity index (χ0n) is 15.5. The second-order valence-electron chi connectivity index (χ2n) is 7.07. The average Bonchev–Trinajstić information content (AvgIpc) is 3.13. The molecule has 0 spiro atoms. The van der Waals surface area contributed by atoms with Gasteiger partial charge < -0.3 is 14.8 Å². The number of thiophene rings is 1. The van der Waals surface area contributed by atoms with Gasteiger partial charge in [0, 0.05) is 18.0 Å². The van der Waals surface area contributed by atoms with Crippen LogP contribution in [0.5, 0.6) is 0 Å². The van der Waals surface area contributed by atoms with Crippen LogP contribution in [0.1, 0.15) is 36.5 Å². The molecule has 142 valence electrons. The largest absolute Gasteiger partial charge is 0.389 e. The van der Waals surface area contributed by atoms with E-state index in [1.807, 2.05) is 18.7 Å². The summed E-state index contributed by atoms with van der Waals surface area (Å²) in [7, 11) is 0. The lowest BCUT2D eigenvalue weighted by Crippen LogP contribution is -2.36. The number of aryl methyl sites for hydroxylation is 2. The number of fused-ring (bicyclic) bond motifs is 3. The van der Waals surface area contributed by atoms with Crippen LogP contribution in [0.4, 0.5) is 0 Å². The van der Waals surface area contributed by atoms with Crippen molar-refractivity contribution in [3.05, 3.63) is 39.3 Å². The van der Waals surface area contributed by atoms with Gasteiger partial charge in [-0.1, -0.05) is 6.08 Å². The van der Waals surface area contributed by atoms with Gasteiger partial charge in [-0.25, -0.2) is 4.98 Å². The first-order valence-corrected chi connectivity index (χ1v) is 9.96. The minimum Gasteiger partial charge on any atom is -0.389 e. The van der Waals surface area contributed by atoms with E-state index in [9.17, 15) is 9.90 Å². The minimum absolute atomic E-state index is 0.0494. The lowest BCUT2D eigenvalue weighted by molar-refractivity contribution is -0.00834. The summed E-state index contributed by atoms with van der Waals surface area (Å²) in [4.78, 5) is 24.3. The first kappa shape index (κ1) is 19.2. The van der Waals surface area contributed by atoms with Crippen molar-refractivity contribution >= 4 is 21.6 Å². The van der Waals surface area contributed by atoms with Crippen LogP contribution in [0.3, 0.4) is 0 Å². The second kappa shape index (κ2) is 8.43. The molecule has 6 nitrogen and oxygen atoms in total. The molecule has 2 aromatic rings. The molecule has 0 amide bonds. The number of aromatic amines is 1. The lowest BCUT2D eigenvalue weighted by atomic mass is 10.2. The Balaban J connectivity index is 1.74. The van der Waals surface area contributed by atoms with E-state index in [4.69, 9.17) is 4.74 Å². The van der Waals surface area contributed by atoms with Crippen molar-refractivity contribution in [1.82, 2.24) is 14.9 Å². The third-order valence-corrected chi connectivity index (χ3v) is 5.66. The highest BCUT2D eigenvalue weighted by Gasteiger charge is 2.21. The standard InChI is InChI=1S/C19H27N3O3S/c1-4-8-22(9-13(23)11-25-12(2)3)10-16-20-18(24)17-14-6-5-7-15(14)26-19(17)21-16/h4,12-13,23H,1,5-11H2,2-3H3,(H,20,21,24)/t13-/m1/s1. The summed E-state index contributed by atoms with van der Waals surface area (Å²) in [5.74, 6) is 0.626. The van der Waals surface area contributed by atoms with E-state index in [0.29, 0.717) is 25.5 Å². The number of ether oxygens (including phenoxy) is 1. The highest BCUT2D eigenvalue weighted by Crippen LogP contribution is 2.34. The molecule has 2 N–H and O–H groups in total. The molecule has 0 fully saturated rings. The van der Waals surface area contributed by atoms with E-state index in [2.05, 4.69) is 16.5 Å². The number of hydrogen-bond donors (Lipinski definition) is 2. The maximum absolute atomic E-state index is 12.6. The predicted molar refractivity (Wildman–Crippen MR) is 105 cm³/mol. The summed E-state index contributed by atoms with van der Waals surface area (Å²) in [6, 6.07) is 0. The first-order chi connectivity index (χ1) is 12.5. The molecule has 7 heteroatoms. The molecule has 0 radical (unpaired) electrons. The summed E-state index contributed by atoms with van der Waals surface area (Å²) < 4.78 is 5.47. The van der Waals surface area contributed by atoms with Gasteiger partial charge >= 0.3 is 0 Å². The third-order valence-electron chi connectivity index (χ3n) is 4.48. The summed E-state index contributed by atoms with van der Waals surface area (Å²) in [5, 5.41) is 11.0. The monoisotopic (exact) mass is 377 g/mol. The maximum atomic E-state index is 12.6. The van der Waals surface area contributed by atoms with Gasteiger partial charge in [0.25, 0.3) is 5.56 Å². The second-order valence-corrected chi connectivity index (χ2v) is 8.15. The van der Waals surface area contributed by atoms with Crippen LogP contribution < -0.4 is 5.56 Å². The van der Waals surface area contributed by atoms with Gasteiger partial charge in [-0.2, -0.15) is 0 Å². The molecule has 3 rings (SSSR count). The number of hydrogen-bond acceptors (Lipinski definition) is 6. The number of aromatic nitrogens is 2. The number of H-pyrrole nitrogens is 1. The van der Waals surface area contributed by atoms with Crippen LogP contribution in [-0.4, -0.2) is 51.9 Å². The van der Waals surface area contributed by atoms with Crippen LogP contribution in [0, 0.1) is 0 Å². The van der Waals surface area contributed by atoms with Crippen molar-refractivity contribution in [2.45, 2.75) is 51.9 Å². The summed E-state index contributed by atoms with van der Waals surface area (Å²) >= 11 is 1.64. The number of rotatable bonds is 9. The SMILES string of the molecule is C=CCN(Cc1nc2sc3c(c2c(=O)[nH]1)CCC3)C[C@@H](O)COC(C)C. The fraction of sp³-hybridized carbons (Fsp3) is 0.579. The molecule has 0 saturated heterocycles. The molecule has 2 heterocycles. The van der Waals surface area contributed by atoms with Gasteiger partial charge in [-0.05, 0) is 38.7 Å². The summed E-state index contributed by atoms with van der Waals surface area (Å²) in [6.07, 6.45) is 4.42. The molecule has 0 unspecified atom stereocenters. The molecule has 1 atom stereocenters. The fourth-order valence-corrected chi connectivity index (χ4v) is 4.65. The third kappa shape index (κ3) is 4.40. The van der Waals surface area contributed by atoms with Gasteiger partial charge in [-0.15, -0.1) is 17.9 Å². The van der Waals surface area contributed by atoms with Crippen molar-refractivity contribution in [2.75, 3.05) is 19.7 Å². The van der Waals surface area contributed by atoms with Gasteiger partial charge in [-0.3, -0.25) is 9.69 Å². The normalized spacial score (nSPS) is 15.1. The number of nitrogens with zero attached hydrogens (tertiary/aromatic N) is 2. The molecular weight excluding hydrogens is 350 g/mol. The van der Waals surface area contributed by atoms with Gasteiger partial charge in [0.1, 0.15) is 10.7 Å². The smallest absolute Gasteiger partial charge is 0.259 e. The Kier molecular flexibility index (Phi) is 6.24. The van der Waals surface area contributed by atoms with E-state index in [0.717, 1.165) is 29.5 Å². The first-order valence-electron chi connectivity index (χ1n) is 9.14. The van der Waals surface area contributed by atoms with Gasteiger partial charge in [0.05, 0.1) is 30.7 Å². The van der Waals surface area contributed by atoms with Crippen LogP contribution in [0.25, 0.3) is 10.2 Å². The Bertz CT molecular complexity index is 827. The Labute approximate surface area is 157 Å². The number of nitrogens with one attached hydrogen (secondary N) is 1. The molecule has 0 aliphatic heterocycles. The Morgan fingerprint density at radius 2 is 2.27 bits per heavy atom.